The molecule has 0 fully saturated rings. The number of ether oxygens (including phenoxy) is 2. The standard InChI is InChI=1S/C34H46N4O11/c1-16(39)48-9-10-49-32(46)38(15-33(2,3)4)14-18-13-21(36(5)6)19-11-17-12-20-25(37(7)8)28(42)24(31(35)45)30(44)34(20,47)29(43)22(17)27(41)23(19)26(18)40/h13,17,20,25,40,42-43,47H,9-12,14-15H2,1-8H3,(H2,35,45)/t17-,20-,25-,34-/m0/s1. The van der Waals surface area contributed by atoms with Gasteiger partial charge >= 0.3 is 12.1 Å². The first kappa shape index (κ1) is 37.2. The number of ketones is 2. The van der Waals surface area contributed by atoms with Crippen LogP contribution < -0.4 is 10.6 Å². The van der Waals surface area contributed by atoms with E-state index in [1.165, 1.54) is 16.7 Å². The molecule has 3 aliphatic rings. The van der Waals surface area contributed by atoms with Crippen molar-refractivity contribution in [2.24, 2.45) is 23.0 Å². The number of aliphatic hydroxyl groups excluding tert-OH is 2. The Morgan fingerprint density at radius 1 is 1.04 bits per heavy atom. The number of carbonyl (C=O) groups is 5. The maximum atomic E-state index is 14.4. The number of carbonyl (C=O) groups excluding carboxylic acids is 5. The van der Waals surface area contributed by atoms with Crippen molar-refractivity contribution in [2.45, 2.75) is 58.7 Å². The van der Waals surface area contributed by atoms with E-state index in [2.05, 4.69) is 0 Å². The third-order valence-corrected chi connectivity index (χ3v) is 9.16. The number of primary amides is 1. The highest BCUT2D eigenvalue weighted by atomic mass is 16.6. The van der Waals surface area contributed by atoms with Gasteiger partial charge in [-0.3, -0.25) is 24.1 Å². The van der Waals surface area contributed by atoms with Gasteiger partial charge in [-0.25, -0.2) is 4.79 Å². The lowest BCUT2D eigenvalue weighted by Crippen LogP contribution is -2.63. The smallest absolute Gasteiger partial charge is 0.410 e. The summed E-state index contributed by atoms with van der Waals surface area (Å²) in [5, 5.41) is 46.2. The molecule has 0 aliphatic heterocycles. The molecule has 0 spiro atoms. The molecule has 3 aliphatic carbocycles. The van der Waals surface area contributed by atoms with Crippen LogP contribution in [0.2, 0.25) is 0 Å². The van der Waals surface area contributed by atoms with Crippen LogP contribution in [0.4, 0.5) is 10.5 Å². The first-order valence-electron chi connectivity index (χ1n) is 15.9. The molecule has 15 heteroatoms. The Labute approximate surface area is 284 Å². The maximum Gasteiger partial charge on any atom is 0.410 e. The van der Waals surface area contributed by atoms with Crippen LogP contribution in [0, 0.1) is 17.3 Å². The van der Waals surface area contributed by atoms with Gasteiger partial charge in [-0.1, -0.05) is 20.8 Å². The molecule has 6 N–H and O–H groups in total. The number of rotatable bonds is 9. The molecule has 0 saturated heterocycles. The van der Waals surface area contributed by atoms with Crippen molar-refractivity contribution in [3.8, 4) is 5.75 Å². The van der Waals surface area contributed by atoms with Crippen LogP contribution in [0.15, 0.2) is 28.7 Å². The van der Waals surface area contributed by atoms with E-state index in [-0.39, 0.29) is 55.8 Å². The molecular weight excluding hydrogens is 640 g/mol. The molecule has 15 nitrogen and oxygen atoms in total. The second kappa shape index (κ2) is 13.3. The van der Waals surface area contributed by atoms with E-state index in [9.17, 15) is 44.4 Å². The first-order chi connectivity index (χ1) is 22.6. The van der Waals surface area contributed by atoms with E-state index in [4.69, 9.17) is 15.2 Å². The summed E-state index contributed by atoms with van der Waals surface area (Å²) in [7, 11) is 6.62. The number of fused-ring (bicyclic) bond motifs is 3. The number of allylic oxidation sites excluding steroid dienone is 1. The van der Waals surface area contributed by atoms with E-state index in [1.807, 2.05) is 20.8 Å². The van der Waals surface area contributed by atoms with Crippen molar-refractivity contribution < 1.29 is 53.9 Å². The van der Waals surface area contributed by atoms with Gasteiger partial charge in [0, 0.05) is 50.3 Å². The van der Waals surface area contributed by atoms with Crippen LogP contribution in [0.1, 0.15) is 55.6 Å². The number of hydrogen-bond donors (Lipinski definition) is 5. The summed E-state index contributed by atoms with van der Waals surface area (Å²) >= 11 is 0. The topological polar surface area (TPSA) is 220 Å². The SMILES string of the molecule is CC(=O)OCCOC(=O)N(Cc1cc(N(C)C)c2c(c1O)C(=O)C1=C(O)[C@]3(O)C(=O)C(C(N)=O)=C(O)[C@@H](N(C)C)[C@@H]3C[C@@H]1C2)CC(C)(C)C. The third-order valence-electron chi connectivity index (χ3n) is 9.16. The van der Waals surface area contributed by atoms with E-state index < -0.39 is 81.3 Å². The second-order valence-electron chi connectivity index (χ2n) is 14.5. The fraction of sp³-hybridized carbons (Fsp3) is 0.559. The number of nitrogens with two attached hydrogens (primary N) is 1. The van der Waals surface area contributed by atoms with Crippen LogP contribution in [-0.2, 0) is 36.8 Å². The largest absolute Gasteiger partial charge is 0.510 e. The average Bonchev–Trinajstić information content (AvgIpc) is 2.96. The number of hydrogen-bond acceptors (Lipinski definition) is 13. The van der Waals surface area contributed by atoms with Gasteiger partial charge in [-0.2, -0.15) is 0 Å². The minimum Gasteiger partial charge on any atom is -0.510 e. The van der Waals surface area contributed by atoms with Gasteiger partial charge in [0.25, 0.3) is 5.91 Å². The number of phenolic OH excluding ortho intramolecular Hbond substituents is 1. The molecule has 1 aromatic carbocycles. The number of aromatic hydroxyl groups is 1. The van der Waals surface area contributed by atoms with Crippen LogP contribution in [-0.4, -0.2) is 119 Å². The van der Waals surface area contributed by atoms with Crippen molar-refractivity contribution >= 4 is 35.2 Å². The average molecular weight is 687 g/mol. The zero-order chi connectivity index (χ0) is 36.9. The lowest BCUT2D eigenvalue weighted by molar-refractivity contribution is -0.148. The molecule has 2 amide bonds. The predicted molar refractivity (Wildman–Crippen MR) is 176 cm³/mol. The summed E-state index contributed by atoms with van der Waals surface area (Å²) in [6, 6.07) is 0.564. The molecular formula is C34H46N4O11. The summed E-state index contributed by atoms with van der Waals surface area (Å²) in [6.45, 7) is 6.58. The number of anilines is 1. The summed E-state index contributed by atoms with van der Waals surface area (Å²) < 4.78 is 10.2. The van der Waals surface area contributed by atoms with Gasteiger partial charge in [0.05, 0.1) is 18.2 Å². The Bertz CT molecular complexity index is 1660. The monoisotopic (exact) mass is 686 g/mol. The number of benzene rings is 1. The van der Waals surface area contributed by atoms with Crippen LogP contribution in [0.5, 0.6) is 5.75 Å². The number of phenols is 1. The second-order valence-corrected chi connectivity index (χ2v) is 14.5. The van der Waals surface area contributed by atoms with E-state index >= 15 is 0 Å². The quantitative estimate of drug-likeness (QED) is 0.142. The summed E-state index contributed by atoms with van der Waals surface area (Å²) in [5.74, 6) is -7.93. The summed E-state index contributed by atoms with van der Waals surface area (Å²) in [4.78, 5) is 69.2. The minimum absolute atomic E-state index is 0.0420. The minimum atomic E-state index is -2.76. The van der Waals surface area contributed by atoms with Crippen LogP contribution in [0.3, 0.4) is 0 Å². The third kappa shape index (κ3) is 6.69. The molecule has 4 atom stereocenters. The molecule has 0 heterocycles. The van der Waals surface area contributed by atoms with Gasteiger partial charge in [0.2, 0.25) is 5.78 Å². The number of nitrogens with zero attached hydrogens (tertiary/aromatic N) is 3. The van der Waals surface area contributed by atoms with E-state index in [0.29, 0.717) is 11.3 Å². The number of aliphatic hydroxyl groups is 3. The lowest BCUT2D eigenvalue weighted by Gasteiger charge is -2.50. The normalized spacial score (nSPS) is 23.5. The van der Waals surface area contributed by atoms with Gasteiger partial charge in [0.1, 0.15) is 36.1 Å². The Balaban J connectivity index is 1.83. The molecule has 4 rings (SSSR count). The van der Waals surface area contributed by atoms with Gasteiger partial charge in [-0.15, -0.1) is 0 Å². The molecule has 1 aromatic rings. The number of likely N-dealkylation sites (N-methyl/N-ethyl adjacent to an activating group) is 1. The van der Waals surface area contributed by atoms with Crippen LogP contribution in [0.25, 0.3) is 0 Å². The molecule has 49 heavy (non-hydrogen) atoms. The Morgan fingerprint density at radius 3 is 2.18 bits per heavy atom. The maximum absolute atomic E-state index is 14.4. The highest BCUT2D eigenvalue weighted by molar-refractivity contribution is 6.25. The summed E-state index contributed by atoms with van der Waals surface area (Å²) in [5.41, 5.74) is 2.10. The predicted octanol–water partition coefficient (Wildman–Crippen LogP) is 1.73. The zero-order valence-corrected chi connectivity index (χ0v) is 29.1. The Hall–Kier alpha value is -4.63. The molecule has 268 valence electrons. The van der Waals surface area contributed by atoms with E-state index in [0.717, 1.165) is 0 Å². The molecule has 0 bridgehead atoms. The molecule has 0 radical (unpaired) electrons. The van der Waals surface area contributed by atoms with Crippen LogP contribution >= 0.6 is 0 Å². The molecule has 0 saturated carbocycles. The number of esters is 1. The first-order valence-corrected chi connectivity index (χ1v) is 15.9. The lowest BCUT2D eigenvalue weighted by atomic mass is 9.58. The van der Waals surface area contributed by atoms with Gasteiger partial charge < -0.3 is 45.4 Å². The van der Waals surface area contributed by atoms with Gasteiger partial charge in [-0.05, 0) is 49.9 Å². The van der Waals surface area contributed by atoms with Crippen molar-refractivity contribution in [1.82, 2.24) is 9.80 Å². The highest BCUT2D eigenvalue weighted by Crippen LogP contribution is 2.53. The zero-order valence-electron chi connectivity index (χ0n) is 29.1. The van der Waals surface area contributed by atoms with E-state index in [1.54, 1.807) is 39.2 Å². The van der Waals surface area contributed by atoms with Crippen molar-refractivity contribution in [3.63, 3.8) is 0 Å². The molecule has 0 aromatic heterocycles. The Kier molecular flexibility index (Phi) is 10.1. The number of Topliss-reactive ketones (excluding diaryl/α,β-unsaturated/α-hetero) is 2. The number of amides is 2. The summed E-state index contributed by atoms with van der Waals surface area (Å²) in [6.07, 6.45) is -0.676. The van der Waals surface area contributed by atoms with Crippen molar-refractivity contribution in [3.05, 3.63) is 45.4 Å². The Morgan fingerprint density at radius 2 is 1.65 bits per heavy atom. The molecule has 0 unspecified atom stereocenters. The fourth-order valence-electron chi connectivity index (χ4n) is 7.24. The highest BCUT2D eigenvalue weighted by Gasteiger charge is 2.63. The van der Waals surface area contributed by atoms with Crippen molar-refractivity contribution in [1.29, 1.82) is 0 Å². The van der Waals surface area contributed by atoms with Crippen molar-refractivity contribution in [2.75, 3.05) is 52.8 Å². The van der Waals surface area contributed by atoms with Gasteiger partial charge in [0.15, 0.2) is 11.4 Å². The fourth-order valence-corrected chi connectivity index (χ4v) is 7.24.